The number of halogens is 1. The van der Waals surface area contributed by atoms with E-state index in [1.54, 1.807) is 11.0 Å². The van der Waals surface area contributed by atoms with Crippen molar-refractivity contribution in [1.29, 1.82) is 0 Å². The molecule has 2 heterocycles. The molecule has 1 aromatic rings. The standard InChI is InChI=1S/C17H22ClN3O3/c18-13-4-5-15(22)14(12-13)16(23)19-8-10-21(11-9-19)17(24)20-6-2-1-3-7-20/h4-5,12,22H,1-3,6-11H2. The maximum absolute atomic E-state index is 12.5. The third-order valence-electron chi connectivity index (χ3n) is 4.65. The van der Waals surface area contributed by atoms with Crippen LogP contribution in [0.5, 0.6) is 5.75 Å². The number of aromatic hydroxyl groups is 1. The number of likely N-dealkylation sites (tertiary alicyclic amines) is 1. The average molecular weight is 352 g/mol. The molecule has 0 saturated carbocycles. The molecule has 3 rings (SSSR count). The molecule has 3 amide bonds. The number of benzene rings is 1. The number of piperidine rings is 1. The number of hydrogen-bond donors (Lipinski definition) is 1. The van der Waals surface area contributed by atoms with Crippen LogP contribution in [0.3, 0.4) is 0 Å². The van der Waals surface area contributed by atoms with E-state index in [0.717, 1.165) is 25.9 Å². The lowest BCUT2D eigenvalue weighted by Crippen LogP contribution is -2.54. The van der Waals surface area contributed by atoms with Gasteiger partial charge >= 0.3 is 6.03 Å². The lowest BCUT2D eigenvalue weighted by molar-refractivity contribution is 0.0630. The third-order valence-corrected chi connectivity index (χ3v) is 4.89. The van der Waals surface area contributed by atoms with Crippen molar-refractivity contribution < 1.29 is 14.7 Å². The second-order valence-electron chi connectivity index (χ2n) is 6.27. The highest BCUT2D eigenvalue weighted by Crippen LogP contribution is 2.23. The first-order chi connectivity index (χ1) is 11.6. The minimum absolute atomic E-state index is 0.0729. The number of phenolic OH excluding ortho intramolecular Hbond substituents is 1. The van der Waals surface area contributed by atoms with E-state index in [2.05, 4.69) is 0 Å². The van der Waals surface area contributed by atoms with Gasteiger partial charge in [-0.15, -0.1) is 0 Å². The highest BCUT2D eigenvalue weighted by Gasteiger charge is 2.29. The molecule has 24 heavy (non-hydrogen) atoms. The maximum Gasteiger partial charge on any atom is 0.320 e. The smallest absolute Gasteiger partial charge is 0.320 e. The van der Waals surface area contributed by atoms with Crippen LogP contribution in [0.15, 0.2) is 18.2 Å². The second-order valence-corrected chi connectivity index (χ2v) is 6.71. The van der Waals surface area contributed by atoms with Crippen molar-refractivity contribution >= 4 is 23.5 Å². The normalized spacial score (nSPS) is 18.6. The predicted molar refractivity (Wildman–Crippen MR) is 91.4 cm³/mol. The number of rotatable bonds is 1. The van der Waals surface area contributed by atoms with Gasteiger partial charge in [0.1, 0.15) is 5.75 Å². The quantitative estimate of drug-likeness (QED) is 0.845. The van der Waals surface area contributed by atoms with Gasteiger partial charge < -0.3 is 19.8 Å². The molecular formula is C17H22ClN3O3. The van der Waals surface area contributed by atoms with Gasteiger partial charge in [-0.05, 0) is 37.5 Å². The van der Waals surface area contributed by atoms with Gasteiger partial charge in [0.25, 0.3) is 5.91 Å². The predicted octanol–water partition coefficient (Wildman–Crippen LogP) is 2.41. The Morgan fingerprint density at radius 2 is 1.46 bits per heavy atom. The van der Waals surface area contributed by atoms with Crippen molar-refractivity contribution in [2.45, 2.75) is 19.3 Å². The van der Waals surface area contributed by atoms with E-state index in [4.69, 9.17) is 11.6 Å². The number of hydrogen-bond acceptors (Lipinski definition) is 3. The van der Waals surface area contributed by atoms with Crippen molar-refractivity contribution in [2.24, 2.45) is 0 Å². The number of phenols is 1. The van der Waals surface area contributed by atoms with E-state index in [1.165, 1.54) is 18.6 Å². The van der Waals surface area contributed by atoms with Gasteiger partial charge in [-0.2, -0.15) is 0 Å². The molecule has 0 aliphatic carbocycles. The maximum atomic E-state index is 12.5. The SMILES string of the molecule is O=C(c1cc(Cl)ccc1O)N1CCN(C(=O)N2CCCCC2)CC1. The summed E-state index contributed by atoms with van der Waals surface area (Å²) in [5.41, 5.74) is 0.207. The van der Waals surface area contributed by atoms with Gasteiger partial charge in [0.15, 0.2) is 0 Å². The zero-order chi connectivity index (χ0) is 17.1. The number of urea groups is 1. The fourth-order valence-electron chi connectivity index (χ4n) is 3.24. The van der Waals surface area contributed by atoms with Crippen LogP contribution in [0.4, 0.5) is 4.79 Å². The Balaban J connectivity index is 1.59. The fourth-order valence-corrected chi connectivity index (χ4v) is 3.41. The summed E-state index contributed by atoms with van der Waals surface area (Å²) in [4.78, 5) is 30.4. The molecule has 2 aliphatic rings. The molecular weight excluding hydrogens is 330 g/mol. The molecule has 0 radical (unpaired) electrons. The van der Waals surface area contributed by atoms with E-state index in [0.29, 0.717) is 31.2 Å². The molecule has 0 atom stereocenters. The van der Waals surface area contributed by atoms with Crippen molar-refractivity contribution in [2.75, 3.05) is 39.3 Å². The molecule has 7 heteroatoms. The molecule has 1 N–H and O–H groups in total. The summed E-state index contributed by atoms with van der Waals surface area (Å²) in [6.45, 7) is 3.61. The molecule has 1 aromatic carbocycles. The summed E-state index contributed by atoms with van der Waals surface area (Å²) in [6, 6.07) is 4.52. The van der Waals surface area contributed by atoms with Gasteiger partial charge in [0, 0.05) is 44.3 Å². The van der Waals surface area contributed by atoms with Gasteiger partial charge in [0.05, 0.1) is 5.56 Å². The van der Waals surface area contributed by atoms with Gasteiger partial charge in [-0.3, -0.25) is 4.79 Å². The Morgan fingerprint density at radius 1 is 0.875 bits per heavy atom. The number of nitrogens with zero attached hydrogens (tertiary/aromatic N) is 3. The Kier molecular flexibility index (Phi) is 5.14. The summed E-state index contributed by atoms with van der Waals surface area (Å²) < 4.78 is 0. The minimum Gasteiger partial charge on any atom is -0.507 e. The van der Waals surface area contributed by atoms with Gasteiger partial charge in [-0.25, -0.2) is 4.79 Å². The molecule has 6 nitrogen and oxygen atoms in total. The first-order valence-electron chi connectivity index (χ1n) is 8.38. The summed E-state index contributed by atoms with van der Waals surface area (Å²) in [7, 11) is 0. The molecule has 0 spiro atoms. The number of piperazine rings is 1. The van der Waals surface area contributed by atoms with E-state index >= 15 is 0 Å². The number of amides is 3. The van der Waals surface area contributed by atoms with Crippen molar-refractivity contribution in [3.63, 3.8) is 0 Å². The van der Waals surface area contributed by atoms with Gasteiger partial charge in [0.2, 0.25) is 0 Å². The van der Waals surface area contributed by atoms with Crippen molar-refractivity contribution in [3.05, 3.63) is 28.8 Å². The average Bonchev–Trinajstić information content (AvgIpc) is 2.63. The molecule has 2 aliphatic heterocycles. The van der Waals surface area contributed by atoms with Gasteiger partial charge in [-0.1, -0.05) is 11.6 Å². The highest BCUT2D eigenvalue weighted by molar-refractivity contribution is 6.31. The lowest BCUT2D eigenvalue weighted by Gasteiger charge is -2.38. The number of carbonyl (C=O) groups is 2. The van der Waals surface area contributed by atoms with E-state index in [1.807, 2.05) is 9.80 Å². The zero-order valence-corrected chi connectivity index (χ0v) is 14.3. The molecule has 0 bridgehead atoms. The summed E-state index contributed by atoms with van der Waals surface area (Å²) in [5, 5.41) is 10.3. The van der Waals surface area contributed by atoms with Crippen molar-refractivity contribution in [1.82, 2.24) is 14.7 Å². The molecule has 0 aromatic heterocycles. The van der Waals surface area contributed by atoms with E-state index in [-0.39, 0.29) is 23.3 Å². The summed E-state index contributed by atoms with van der Waals surface area (Å²) in [6.07, 6.45) is 3.33. The Bertz CT molecular complexity index is 624. The van der Waals surface area contributed by atoms with Crippen LogP contribution in [-0.4, -0.2) is 71.0 Å². The Labute approximate surface area is 146 Å². The summed E-state index contributed by atoms with van der Waals surface area (Å²) >= 11 is 5.91. The molecule has 2 fully saturated rings. The van der Waals surface area contributed by atoms with Crippen LogP contribution >= 0.6 is 11.6 Å². The van der Waals surface area contributed by atoms with Crippen LogP contribution in [0.1, 0.15) is 29.6 Å². The van der Waals surface area contributed by atoms with Crippen LogP contribution in [-0.2, 0) is 0 Å². The summed E-state index contributed by atoms with van der Waals surface area (Å²) in [5.74, 6) is -0.323. The lowest BCUT2D eigenvalue weighted by atomic mass is 10.1. The third kappa shape index (κ3) is 3.59. The fraction of sp³-hybridized carbons (Fsp3) is 0.529. The van der Waals surface area contributed by atoms with Crippen LogP contribution in [0.2, 0.25) is 5.02 Å². The highest BCUT2D eigenvalue weighted by atomic mass is 35.5. The molecule has 2 saturated heterocycles. The molecule has 0 unspecified atom stereocenters. The Morgan fingerprint density at radius 3 is 2.12 bits per heavy atom. The molecule has 130 valence electrons. The first-order valence-corrected chi connectivity index (χ1v) is 8.76. The zero-order valence-electron chi connectivity index (χ0n) is 13.6. The number of carbonyl (C=O) groups excluding carboxylic acids is 2. The van der Waals surface area contributed by atoms with Crippen molar-refractivity contribution in [3.8, 4) is 5.75 Å². The van der Waals surface area contributed by atoms with Crippen LogP contribution in [0, 0.1) is 0 Å². The van der Waals surface area contributed by atoms with Crippen LogP contribution < -0.4 is 0 Å². The van der Waals surface area contributed by atoms with E-state index < -0.39 is 0 Å². The van der Waals surface area contributed by atoms with Crippen LogP contribution in [0.25, 0.3) is 0 Å². The largest absolute Gasteiger partial charge is 0.507 e. The second kappa shape index (κ2) is 7.30. The Hall–Kier alpha value is -1.95. The van der Waals surface area contributed by atoms with E-state index in [9.17, 15) is 14.7 Å². The minimum atomic E-state index is -0.250. The first kappa shape index (κ1) is 16.9. The monoisotopic (exact) mass is 351 g/mol. The topological polar surface area (TPSA) is 64.1 Å².